The second-order valence-corrected chi connectivity index (χ2v) is 7.96. The van der Waals surface area contributed by atoms with E-state index in [0.29, 0.717) is 10.8 Å². The third-order valence-corrected chi connectivity index (χ3v) is 5.66. The molecule has 23 heavy (non-hydrogen) atoms. The Morgan fingerprint density at radius 2 is 1.74 bits per heavy atom. The summed E-state index contributed by atoms with van der Waals surface area (Å²) in [6, 6.07) is 10.4. The Morgan fingerprint density at radius 3 is 2.26 bits per heavy atom. The number of nitrogens with zero attached hydrogens (tertiary/aromatic N) is 1. The van der Waals surface area contributed by atoms with E-state index in [1.54, 1.807) is 44.5 Å². The van der Waals surface area contributed by atoms with Crippen LogP contribution in [0.3, 0.4) is 0 Å². The second-order valence-electron chi connectivity index (χ2n) is 5.48. The van der Waals surface area contributed by atoms with Crippen molar-refractivity contribution in [2.75, 3.05) is 14.2 Å². The number of ether oxygens (including phenoxy) is 1. The van der Waals surface area contributed by atoms with E-state index in [1.165, 1.54) is 4.31 Å². The Balaban J connectivity index is 2.34. The quantitative estimate of drug-likeness (QED) is 0.821. The van der Waals surface area contributed by atoms with Gasteiger partial charge in [0.05, 0.1) is 12.0 Å². The van der Waals surface area contributed by atoms with E-state index in [2.05, 4.69) is 0 Å². The van der Waals surface area contributed by atoms with Crippen LogP contribution in [0.1, 0.15) is 16.7 Å². The Labute approximate surface area is 142 Å². The highest BCUT2D eigenvalue weighted by Crippen LogP contribution is 2.28. The summed E-state index contributed by atoms with van der Waals surface area (Å²) in [4.78, 5) is 0.262. The number of benzene rings is 2. The van der Waals surface area contributed by atoms with Crippen molar-refractivity contribution in [3.63, 3.8) is 0 Å². The average Bonchev–Trinajstić information content (AvgIpc) is 2.46. The highest BCUT2D eigenvalue weighted by atomic mass is 35.5. The van der Waals surface area contributed by atoms with Gasteiger partial charge >= 0.3 is 0 Å². The zero-order valence-electron chi connectivity index (χ0n) is 13.6. The van der Waals surface area contributed by atoms with E-state index < -0.39 is 10.0 Å². The molecule has 0 N–H and O–H groups in total. The molecule has 0 aliphatic rings. The zero-order valence-corrected chi connectivity index (χ0v) is 15.2. The lowest BCUT2D eigenvalue weighted by atomic mass is 10.1. The lowest BCUT2D eigenvalue weighted by Crippen LogP contribution is -2.26. The van der Waals surface area contributed by atoms with Crippen LogP contribution >= 0.6 is 11.6 Å². The SMILES string of the molecule is COc1c(C)cc(S(=O)(=O)N(C)Cc2cccc(Cl)c2)cc1C. The topological polar surface area (TPSA) is 46.6 Å². The fraction of sp³-hybridized carbons (Fsp3) is 0.294. The molecule has 124 valence electrons. The van der Waals surface area contributed by atoms with Gasteiger partial charge in [0.15, 0.2) is 0 Å². The van der Waals surface area contributed by atoms with E-state index >= 15 is 0 Å². The van der Waals surface area contributed by atoms with Crippen LogP contribution in [0.5, 0.6) is 5.75 Å². The first-order valence-electron chi connectivity index (χ1n) is 7.11. The number of hydrogen-bond donors (Lipinski definition) is 0. The van der Waals surface area contributed by atoms with Gasteiger partial charge < -0.3 is 4.74 Å². The molecule has 0 radical (unpaired) electrons. The first-order valence-corrected chi connectivity index (χ1v) is 8.93. The standard InChI is InChI=1S/C17H20ClNO3S/c1-12-8-16(9-13(2)17(12)22-4)23(20,21)19(3)11-14-6-5-7-15(18)10-14/h5-10H,11H2,1-4H3. The van der Waals surface area contributed by atoms with Crippen LogP contribution in [-0.4, -0.2) is 26.9 Å². The predicted octanol–water partition coefficient (Wildman–Crippen LogP) is 3.79. The maximum Gasteiger partial charge on any atom is 0.243 e. The molecule has 0 unspecified atom stereocenters. The smallest absolute Gasteiger partial charge is 0.243 e. The average molecular weight is 354 g/mol. The zero-order chi connectivity index (χ0) is 17.2. The molecule has 0 heterocycles. The number of hydrogen-bond acceptors (Lipinski definition) is 3. The number of sulfonamides is 1. The van der Waals surface area contributed by atoms with Gasteiger partial charge in [-0.05, 0) is 54.8 Å². The maximum atomic E-state index is 12.8. The summed E-state index contributed by atoms with van der Waals surface area (Å²) in [5.41, 5.74) is 2.43. The van der Waals surface area contributed by atoms with Gasteiger partial charge in [0.2, 0.25) is 10.0 Å². The molecule has 0 amide bonds. The summed E-state index contributed by atoms with van der Waals surface area (Å²) in [5, 5.41) is 0.587. The van der Waals surface area contributed by atoms with Crippen molar-refractivity contribution in [3.8, 4) is 5.75 Å². The van der Waals surface area contributed by atoms with Crippen molar-refractivity contribution in [1.82, 2.24) is 4.31 Å². The van der Waals surface area contributed by atoms with E-state index in [4.69, 9.17) is 16.3 Å². The summed E-state index contributed by atoms with van der Waals surface area (Å²) in [6.07, 6.45) is 0. The van der Waals surface area contributed by atoms with Crippen molar-refractivity contribution < 1.29 is 13.2 Å². The summed E-state index contributed by atoms with van der Waals surface area (Å²) in [5.74, 6) is 0.710. The Hall–Kier alpha value is -1.56. The molecule has 0 atom stereocenters. The molecule has 0 aromatic heterocycles. The van der Waals surface area contributed by atoms with Gasteiger partial charge in [-0.3, -0.25) is 0 Å². The molecule has 0 aliphatic carbocycles. The highest BCUT2D eigenvalue weighted by Gasteiger charge is 2.22. The number of rotatable bonds is 5. The summed E-state index contributed by atoms with van der Waals surface area (Å²) in [6.45, 7) is 3.93. The van der Waals surface area contributed by atoms with Crippen molar-refractivity contribution in [3.05, 3.63) is 58.1 Å². The van der Waals surface area contributed by atoms with E-state index in [0.717, 1.165) is 16.7 Å². The number of halogens is 1. The van der Waals surface area contributed by atoms with Crippen LogP contribution in [0, 0.1) is 13.8 Å². The van der Waals surface area contributed by atoms with Crippen molar-refractivity contribution >= 4 is 21.6 Å². The summed E-state index contributed by atoms with van der Waals surface area (Å²) >= 11 is 5.95. The van der Waals surface area contributed by atoms with E-state index in [9.17, 15) is 8.42 Å². The predicted molar refractivity (Wildman–Crippen MR) is 92.6 cm³/mol. The molecular formula is C17H20ClNO3S. The van der Waals surface area contributed by atoms with Gasteiger partial charge in [-0.15, -0.1) is 0 Å². The van der Waals surface area contributed by atoms with Gasteiger partial charge in [0.25, 0.3) is 0 Å². The largest absolute Gasteiger partial charge is 0.496 e. The molecular weight excluding hydrogens is 334 g/mol. The molecule has 2 rings (SSSR count). The molecule has 0 saturated heterocycles. The molecule has 2 aromatic rings. The first-order chi connectivity index (χ1) is 10.8. The molecule has 0 aliphatic heterocycles. The van der Waals surface area contributed by atoms with E-state index in [-0.39, 0.29) is 11.4 Å². The van der Waals surface area contributed by atoms with Crippen LogP contribution in [-0.2, 0) is 16.6 Å². The van der Waals surface area contributed by atoms with Gasteiger partial charge in [-0.2, -0.15) is 4.31 Å². The second kappa shape index (κ2) is 6.91. The molecule has 6 heteroatoms. The Kier molecular flexibility index (Phi) is 5.34. The number of aryl methyl sites for hydroxylation is 2. The van der Waals surface area contributed by atoms with E-state index in [1.807, 2.05) is 19.9 Å². The minimum atomic E-state index is -3.59. The monoisotopic (exact) mass is 353 g/mol. The van der Waals surface area contributed by atoms with Crippen LogP contribution in [0.2, 0.25) is 5.02 Å². The van der Waals surface area contributed by atoms with Crippen molar-refractivity contribution in [2.24, 2.45) is 0 Å². The molecule has 4 nitrogen and oxygen atoms in total. The fourth-order valence-electron chi connectivity index (χ4n) is 2.54. The first kappa shape index (κ1) is 17.8. The van der Waals surface area contributed by atoms with Crippen LogP contribution < -0.4 is 4.74 Å². The molecule has 2 aromatic carbocycles. The van der Waals surface area contributed by atoms with Gasteiger partial charge in [-0.1, -0.05) is 23.7 Å². The minimum Gasteiger partial charge on any atom is -0.496 e. The minimum absolute atomic E-state index is 0.257. The van der Waals surface area contributed by atoms with Crippen LogP contribution in [0.4, 0.5) is 0 Å². The van der Waals surface area contributed by atoms with Crippen LogP contribution in [0.25, 0.3) is 0 Å². The Morgan fingerprint density at radius 1 is 1.13 bits per heavy atom. The van der Waals surface area contributed by atoms with Crippen molar-refractivity contribution in [2.45, 2.75) is 25.3 Å². The molecule has 0 saturated carbocycles. The van der Waals surface area contributed by atoms with Gasteiger partial charge in [-0.25, -0.2) is 8.42 Å². The normalized spacial score (nSPS) is 11.7. The van der Waals surface area contributed by atoms with Gasteiger partial charge in [0, 0.05) is 18.6 Å². The number of methoxy groups -OCH3 is 1. The maximum absolute atomic E-state index is 12.8. The Bertz CT molecular complexity index is 795. The van der Waals surface area contributed by atoms with Crippen molar-refractivity contribution in [1.29, 1.82) is 0 Å². The van der Waals surface area contributed by atoms with Gasteiger partial charge in [0.1, 0.15) is 5.75 Å². The molecule has 0 spiro atoms. The summed E-state index contributed by atoms with van der Waals surface area (Å²) in [7, 11) is -0.447. The lowest BCUT2D eigenvalue weighted by molar-refractivity contribution is 0.408. The molecule has 0 bridgehead atoms. The third-order valence-electron chi connectivity index (χ3n) is 3.64. The fourth-order valence-corrected chi connectivity index (χ4v) is 4.08. The third kappa shape index (κ3) is 3.86. The molecule has 0 fully saturated rings. The van der Waals surface area contributed by atoms with Crippen LogP contribution in [0.15, 0.2) is 41.3 Å². The lowest BCUT2D eigenvalue weighted by Gasteiger charge is -2.19. The highest BCUT2D eigenvalue weighted by molar-refractivity contribution is 7.89. The summed E-state index contributed by atoms with van der Waals surface area (Å²) < 4.78 is 32.2.